The monoisotopic (exact) mass is 170 g/mol. The number of hydrogen-bond donors (Lipinski definition) is 2. The Bertz CT molecular complexity index is 159. The summed E-state index contributed by atoms with van der Waals surface area (Å²) < 4.78 is 0. The highest BCUT2D eigenvalue weighted by Gasteiger charge is 2.38. The molecule has 2 atom stereocenters. The van der Waals surface area contributed by atoms with E-state index in [4.69, 9.17) is 0 Å². The van der Waals surface area contributed by atoms with Crippen molar-refractivity contribution in [3.63, 3.8) is 0 Å². The molecule has 3 heteroatoms. The first-order valence-electron chi connectivity index (χ1n) is 4.92. The smallest absolute Gasteiger partial charge is 0.0599 e. The van der Waals surface area contributed by atoms with Crippen LogP contribution in [0.2, 0.25) is 0 Å². The molecule has 70 valence electrons. The largest absolute Gasteiger partial charge is 0.395 e. The predicted molar refractivity (Wildman–Crippen MR) is 48.1 cm³/mol. The van der Waals surface area contributed by atoms with Crippen molar-refractivity contribution in [3.8, 4) is 0 Å². The fourth-order valence-electron chi connectivity index (χ4n) is 2.22. The molecule has 1 saturated carbocycles. The minimum absolute atomic E-state index is 0.299. The summed E-state index contributed by atoms with van der Waals surface area (Å²) in [6, 6.07) is 1.74. The Labute approximate surface area is 73.8 Å². The standard InChI is InChI=1S/C9H18N2O/c1-7-4-10-5-9(6-12)11(7)8-2-3-8/h7-10,12H,2-6H2,1H3. The third-order valence-corrected chi connectivity index (χ3v) is 2.93. The molecular weight excluding hydrogens is 152 g/mol. The zero-order valence-electron chi connectivity index (χ0n) is 7.66. The molecule has 0 radical (unpaired) electrons. The van der Waals surface area contributed by atoms with Gasteiger partial charge in [0.25, 0.3) is 0 Å². The van der Waals surface area contributed by atoms with E-state index in [1.54, 1.807) is 0 Å². The van der Waals surface area contributed by atoms with Crippen molar-refractivity contribution < 1.29 is 5.11 Å². The zero-order chi connectivity index (χ0) is 8.55. The van der Waals surface area contributed by atoms with E-state index in [1.807, 2.05) is 0 Å². The Morgan fingerprint density at radius 1 is 1.42 bits per heavy atom. The number of nitrogens with zero attached hydrogens (tertiary/aromatic N) is 1. The third-order valence-electron chi connectivity index (χ3n) is 2.93. The van der Waals surface area contributed by atoms with Crippen molar-refractivity contribution in [3.05, 3.63) is 0 Å². The first-order chi connectivity index (χ1) is 5.83. The topological polar surface area (TPSA) is 35.5 Å². The van der Waals surface area contributed by atoms with Gasteiger partial charge in [-0.15, -0.1) is 0 Å². The van der Waals surface area contributed by atoms with Gasteiger partial charge in [0, 0.05) is 31.2 Å². The summed E-state index contributed by atoms with van der Waals surface area (Å²) in [6.45, 7) is 4.57. The van der Waals surface area contributed by atoms with Crippen LogP contribution >= 0.6 is 0 Å². The average Bonchev–Trinajstić information content (AvgIpc) is 2.87. The highest BCUT2D eigenvalue weighted by Crippen LogP contribution is 2.31. The van der Waals surface area contributed by atoms with Crippen LogP contribution in [-0.4, -0.2) is 47.8 Å². The normalized spacial score (nSPS) is 38.5. The number of nitrogens with one attached hydrogen (secondary N) is 1. The molecule has 0 aromatic carbocycles. The lowest BCUT2D eigenvalue weighted by Crippen LogP contribution is -2.58. The van der Waals surface area contributed by atoms with Gasteiger partial charge in [0.2, 0.25) is 0 Å². The molecule has 2 rings (SSSR count). The van der Waals surface area contributed by atoms with Gasteiger partial charge in [-0.25, -0.2) is 0 Å². The molecular formula is C9H18N2O. The maximum Gasteiger partial charge on any atom is 0.0599 e. The first kappa shape index (κ1) is 8.48. The summed E-state index contributed by atoms with van der Waals surface area (Å²) in [5.41, 5.74) is 0. The van der Waals surface area contributed by atoms with Crippen LogP contribution in [0.5, 0.6) is 0 Å². The average molecular weight is 170 g/mol. The SMILES string of the molecule is CC1CNCC(CO)N1C1CC1. The fraction of sp³-hybridized carbons (Fsp3) is 1.00. The Balaban J connectivity index is 2.00. The molecule has 2 N–H and O–H groups in total. The van der Waals surface area contributed by atoms with Gasteiger partial charge in [-0.3, -0.25) is 4.90 Å². The summed E-state index contributed by atoms with van der Waals surface area (Å²) in [6.07, 6.45) is 2.67. The summed E-state index contributed by atoms with van der Waals surface area (Å²) >= 11 is 0. The zero-order valence-corrected chi connectivity index (χ0v) is 7.66. The van der Waals surface area contributed by atoms with Crippen molar-refractivity contribution in [1.29, 1.82) is 0 Å². The lowest BCUT2D eigenvalue weighted by atomic mass is 10.1. The molecule has 1 aliphatic carbocycles. The van der Waals surface area contributed by atoms with E-state index in [1.165, 1.54) is 12.8 Å². The second kappa shape index (κ2) is 3.32. The number of rotatable bonds is 2. The van der Waals surface area contributed by atoms with Crippen molar-refractivity contribution in [2.75, 3.05) is 19.7 Å². The third kappa shape index (κ3) is 1.49. The van der Waals surface area contributed by atoms with Crippen LogP contribution in [-0.2, 0) is 0 Å². The van der Waals surface area contributed by atoms with Gasteiger partial charge in [-0.1, -0.05) is 0 Å². The number of aliphatic hydroxyl groups excluding tert-OH is 1. The quantitative estimate of drug-likeness (QED) is 0.602. The van der Waals surface area contributed by atoms with Gasteiger partial charge >= 0.3 is 0 Å². The minimum Gasteiger partial charge on any atom is -0.395 e. The highest BCUT2D eigenvalue weighted by atomic mass is 16.3. The number of piperazine rings is 1. The van der Waals surface area contributed by atoms with E-state index >= 15 is 0 Å². The summed E-state index contributed by atoms with van der Waals surface area (Å²) in [5, 5.41) is 12.5. The van der Waals surface area contributed by atoms with Crippen molar-refractivity contribution in [1.82, 2.24) is 10.2 Å². The first-order valence-corrected chi connectivity index (χ1v) is 4.92. The van der Waals surface area contributed by atoms with Crippen LogP contribution in [0, 0.1) is 0 Å². The van der Waals surface area contributed by atoms with E-state index in [-0.39, 0.29) is 0 Å². The van der Waals surface area contributed by atoms with Crippen LogP contribution in [0.3, 0.4) is 0 Å². The van der Waals surface area contributed by atoms with Gasteiger partial charge in [0.15, 0.2) is 0 Å². The molecule has 0 aromatic heterocycles. The molecule has 3 nitrogen and oxygen atoms in total. The van der Waals surface area contributed by atoms with Crippen LogP contribution in [0.25, 0.3) is 0 Å². The molecule has 0 spiro atoms. The van der Waals surface area contributed by atoms with Crippen LogP contribution in [0.4, 0.5) is 0 Å². The molecule has 0 aromatic rings. The molecule has 1 saturated heterocycles. The molecule has 0 amide bonds. The molecule has 0 bridgehead atoms. The van der Waals surface area contributed by atoms with Crippen LogP contribution in [0.1, 0.15) is 19.8 Å². The Kier molecular flexibility index (Phi) is 2.35. The molecule has 1 aliphatic heterocycles. The van der Waals surface area contributed by atoms with Crippen molar-refractivity contribution >= 4 is 0 Å². The molecule has 2 unspecified atom stereocenters. The van der Waals surface area contributed by atoms with Gasteiger partial charge in [-0.05, 0) is 19.8 Å². The van der Waals surface area contributed by atoms with E-state index in [9.17, 15) is 5.11 Å². The van der Waals surface area contributed by atoms with Crippen molar-refractivity contribution in [2.24, 2.45) is 0 Å². The Morgan fingerprint density at radius 2 is 2.17 bits per heavy atom. The number of hydrogen-bond acceptors (Lipinski definition) is 3. The van der Waals surface area contributed by atoms with Crippen LogP contribution < -0.4 is 5.32 Å². The Morgan fingerprint density at radius 3 is 2.75 bits per heavy atom. The number of aliphatic hydroxyl groups is 1. The van der Waals surface area contributed by atoms with Crippen LogP contribution in [0.15, 0.2) is 0 Å². The lowest BCUT2D eigenvalue weighted by Gasteiger charge is -2.40. The minimum atomic E-state index is 0.299. The summed E-state index contributed by atoms with van der Waals surface area (Å²) in [4.78, 5) is 2.50. The molecule has 2 aliphatic rings. The van der Waals surface area contributed by atoms with Gasteiger partial charge in [0.05, 0.1) is 6.61 Å². The summed E-state index contributed by atoms with van der Waals surface area (Å²) in [7, 11) is 0. The summed E-state index contributed by atoms with van der Waals surface area (Å²) in [5.74, 6) is 0. The lowest BCUT2D eigenvalue weighted by molar-refractivity contribution is 0.0561. The van der Waals surface area contributed by atoms with Crippen molar-refractivity contribution in [2.45, 2.75) is 37.9 Å². The van der Waals surface area contributed by atoms with Gasteiger partial charge in [0.1, 0.15) is 0 Å². The highest BCUT2D eigenvalue weighted by molar-refractivity contribution is 4.95. The second-order valence-corrected chi connectivity index (χ2v) is 4.02. The molecule has 12 heavy (non-hydrogen) atoms. The molecule has 2 fully saturated rings. The predicted octanol–water partition coefficient (Wildman–Crippen LogP) is -0.197. The maximum absolute atomic E-state index is 9.17. The Hall–Kier alpha value is -0.120. The van der Waals surface area contributed by atoms with E-state index < -0.39 is 0 Å². The van der Waals surface area contributed by atoms with E-state index in [0.29, 0.717) is 18.7 Å². The van der Waals surface area contributed by atoms with Gasteiger partial charge < -0.3 is 10.4 Å². The second-order valence-electron chi connectivity index (χ2n) is 4.02. The van der Waals surface area contributed by atoms with Gasteiger partial charge in [-0.2, -0.15) is 0 Å². The molecule has 1 heterocycles. The van der Waals surface area contributed by atoms with E-state index in [2.05, 4.69) is 17.1 Å². The van der Waals surface area contributed by atoms with E-state index in [0.717, 1.165) is 19.1 Å². The fourth-order valence-corrected chi connectivity index (χ4v) is 2.22. The maximum atomic E-state index is 9.17.